The van der Waals surface area contributed by atoms with Crippen molar-refractivity contribution in [3.05, 3.63) is 24.2 Å². The van der Waals surface area contributed by atoms with E-state index in [-0.39, 0.29) is 18.3 Å². The summed E-state index contributed by atoms with van der Waals surface area (Å²) >= 11 is 0. The fraction of sp³-hybridized carbons (Fsp3) is 0.474. The van der Waals surface area contributed by atoms with E-state index in [4.69, 9.17) is 10.2 Å². The number of likely N-dealkylation sites (N-methyl/N-ethyl adjacent to an activating group) is 2. The highest BCUT2D eigenvalue weighted by atomic mass is 16.3. The monoisotopic (exact) mass is 430 g/mol. The van der Waals surface area contributed by atoms with E-state index in [2.05, 4.69) is 9.89 Å². The quantitative estimate of drug-likeness (QED) is 0.550. The molecular weight excluding hydrogens is 406 g/mol. The summed E-state index contributed by atoms with van der Waals surface area (Å²) in [6, 6.07) is 1.96. The van der Waals surface area contributed by atoms with Crippen molar-refractivity contribution in [2.45, 2.75) is 6.04 Å². The number of hydrogen-bond acceptors (Lipinski definition) is 7. The number of furan rings is 1. The lowest BCUT2D eigenvalue weighted by molar-refractivity contribution is -0.525. The average Bonchev–Trinajstić information content (AvgIpc) is 3.40. The molecule has 1 unspecified atom stereocenters. The Morgan fingerprint density at radius 3 is 2.52 bits per heavy atom. The number of amidine groups is 2. The Hall–Kier alpha value is -3.54. The summed E-state index contributed by atoms with van der Waals surface area (Å²) in [4.78, 5) is 59.8. The molecule has 2 N–H and O–H groups in total. The zero-order chi connectivity index (χ0) is 22.3. The summed E-state index contributed by atoms with van der Waals surface area (Å²) in [6.07, 6.45) is 1.46. The first kappa shape index (κ1) is 20.7. The SMILES string of the molecule is CN1C(=O)C2C(=NC(CN3CCN(C(=O)c4ccco4)CC3)=[N+]2CC(N)=O)N(C)C1=O. The molecule has 1 aromatic heterocycles. The van der Waals surface area contributed by atoms with Crippen LogP contribution in [0.3, 0.4) is 0 Å². The highest BCUT2D eigenvalue weighted by Crippen LogP contribution is 2.19. The molecule has 4 rings (SSSR count). The van der Waals surface area contributed by atoms with Crippen LogP contribution in [0.1, 0.15) is 10.6 Å². The molecule has 1 atom stereocenters. The van der Waals surface area contributed by atoms with E-state index >= 15 is 0 Å². The number of piperazine rings is 1. The van der Waals surface area contributed by atoms with Crippen LogP contribution in [0.25, 0.3) is 0 Å². The summed E-state index contributed by atoms with van der Waals surface area (Å²) in [5.41, 5.74) is 5.41. The third-order valence-corrected chi connectivity index (χ3v) is 5.70. The largest absolute Gasteiger partial charge is 0.459 e. The van der Waals surface area contributed by atoms with Gasteiger partial charge in [-0.05, 0) is 17.1 Å². The number of nitrogens with zero attached hydrogens (tertiary/aromatic N) is 6. The van der Waals surface area contributed by atoms with Crippen molar-refractivity contribution in [2.24, 2.45) is 10.7 Å². The van der Waals surface area contributed by atoms with Crippen molar-refractivity contribution in [1.82, 2.24) is 19.6 Å². The fourth-order valence-electron chi connectivity index (χ4n) is 3.99. The molecule has 164 valence electrons. The molecule has 3 aliphatic rings. The lowest BCUT2D eigenvalue weighted by atomic mass is 10.1. The van der Waals surface area contributed by atoms with Gasteiger partial charge in [-0.15, -0.1) is 0 Å². The van der Waals surface area contributed by atoms with Crippen molar-refractivity contribution in [3.8, 4) is 0 Å². The van der Waals surface area contributed by atoms with E-state index in [1.165, 1.54) is 18.2 Å². The number of rotatable bonds is 5. The first-order valence-corrected chi connectivity index (χ1v) is 9.87. The summed E-state index contributed by atoms with van der Waals surface area (Å²) in [7, 11) is 2.94. The minimum absolute atomic E-state index is 0.159. The van der Waals surface area contributed by atoms with Crippen molar-refractivity contribution in [2.75, 3.05) is 53.4 Å². The molecule has 0 aliphatic carbocycles. The van der Waals surface area contributed by atoms with Gasteiger partial charge >= 0.3 is 11.9 Å². The summed E-state index contributed by atoms with van der Waals surface area (Å²) < 4.78 is 6.74. The summed E-state index contributed by atoms with van der Waals surface area (Å²) in [5.74, 6) is -0.126. The molecule has 5 amide bonds. The maximum Gasteiger partial charge on any atom is 0.333 e. The molecule has 0 radical (unpaired) electrons. The molecule has 1 aromatic rings. The van der Waals surface area contributed by atoms with E-state index in [1.54, 1.807) is 28.7 Å². The molecule has 12 nitrogen and oxygen atoms in total. The first-order valence-electron chi connectivity index (χ1n) is 9.87. The second kappa shape index (κ2) is 7.95. The third kappa shape index (κ3) is 3.69. The Morgan fingerprint density at radius 2 is 1.90 bits per heavy atom. The van der Waals surface area contributed by atoms with Gasteiger partial charge in [0.15, 0.2) is 12.3 Å². The van der Waals surface area contributed by atoms with Gasteiger partial charge in [-0.1, -0.05) is 0 Å². The van der Waals surface area contributed by atoms with Gasteiger partial charge in [-0.25, -0.2) is 9.37 Å². The number of carbonyl (C=O) groups excluding carboxylic acids is 4. The number of imide groups is 1. The van der Waals surface area contributed by atoms with Crippen LogP contribution in [-0.2, 0) is 9.59 Å². The van der Waals surface area contributed by atoms with Crippen molar-refractivity contribution in [3.63, 3.8) is 0 Å². The van der Waals surface area contributed by atoms with Crippen LogP contribution in [0.15, 0.2) is 27.8 Å². The van der Waals surface area contributed by atoms with Gasteiger partial charge in [0, 0.05) is 40.3 Å². The maximum absolute atomic E-state index is 12.7. The predicted molar refractivity (Wildman–Crippen MR) is 108 cm³/mol. The van der Waals surface area contributed by atoms with Crippen LogP contribution >= 0.6 is 0 Å². The first-order chi connectivity index (χ1) is 14.8. The second-order valence-corrected chi connectivity index (χ2v) is 7.67. The second-order valence-electron chi connectivity index (χ2n) is 7.67. The van der Waals surface area contributed by atoms with Crippen LogP contribution in [0.2, 0.25) is 0 Å². The summed E-state index contributed by atoms with van der Waals surface area (Å²) in [5, 5.41) is 0. The average molecular weight is 430 g/mol. The molecule has 0 saturated carbocycles. The van der Waals surface area contributed by atoms with Gasteiger partial charge in [0.2, 0.25) is 0 Å². The van der Waals surface area contributed by atoms with Crippen LogP contribution in [-0.4, -0.2) is 119 Å². The van der Waals surface area contributed by atoms with Crippen molar-refractivity contribution < 1.29 is 28.2 Å². The zero-order valence-electron chi connectivity index (χ0n) is 17.4. The normalized spacial score (nSPS) is 22.2. The minimum atomic E-state index is -0.864. The number of fused-ring (bicyclic) bond motifs is 1. The number of carbonyl (C=O) groups is 4. The van der Waals surface area contributed by atoms with Crippen molar-refractivity contribution >= 4 is 35.4 Å². The number of aliphatic imine (C=N–C) groups is 1. The van der Waals surface area contributed by atoms with Gasteiger partial charge < -0.3 is 15.1 Å². The number of urea groups is 1. The molecule has 0 aromatic carbocycles. The molecule has 3 aliphatic heterocycles. The lowest BCUT2D eigenvalue weighted by Gasteiger charge is -2.33. The maximum atomic E-state index is 12.7. The molecular formula is C19H24N7O5+. The molecule has 0 bridgehead atoms. The van der Waals surface area contributed by atoms with Crippen LogP contribution < -0.4 is 5.73 Å². The molecule has 12 heteroatoms. The topological polar surface area (TPSA) is 136 Å². The molecule has 2 saturated heterocycles. The van der Waals surface area contributed by atoms with Crippen LogP contribution in [0.5, 0.6) is 0 Å². The number of amides is 5. The van der Waals surface area contributed by atoms with Crippen LogP contribution in [0, 0.1) is 0 Å². The standard InChI is InChI=1S/C19H23N7O5/c1-22-16-15(18(29)23(2)19(22)30)26(10-13(20)27)14(21-16)11-24-5-7-25(8-6-24)17(28)12-4-3-9-31-12/h3-4,9,15H,5-8,10-11H2,1-2H3,(H-,20,27)/p+1. The Morgan fingerprint density at radius 1 is 1.19 bits per heavy atom. The van der Waals surface area contributed by atoms with E-state index in [9.17, 15) is 19.2 Å². The van der Waals surface area contributed by atoms with E-state index in [1.807, 2.05) is 0 Å². The highest BCUT2D eigenvalue weighted by molar-refractivity contribution is 6.23. The highest BCUT2D eigenvalue weighted by Gasteiger charge is 2.53. The van der Waals surface area contributed by atoms with Crippen LogP contribution in [0.4, 0.5) is 4.79 Å². The number of primary amides is 1. The van der Waals surface area contributed by atoms with Gasteiger partial charge in [0.05, 0.1) is 6.26 Å². The lowest BCUT2D eigenvalue weighted by Crippen LogP contribution is -2.62. The Bertz CT molecular complexity index is 991. The van der Waals surface area contributed by atoms with E-state index in [0.29, 0.717) is 44.3 Å². The molecule has 2 fully saturated rings. The number of nitrogens with two attached hydrogens (primary N) is 1. The van der Waals surface area contributed by atoms with Gasteiger partial charge in [0.25, 0.3) is 29.6 Å². The molecule has 4 heterocycles. The number of hydrogen-bond donors (Lipinski definition) is 1. The fourth-order valence-corrected chi connectivity index (χ4v) is 3.99. The smallest absolute Gasteiger partial charge is 0.333 e. The van der Waals surface area contributed by atoms with E-state index in [0.717, 1.165) is 4.90 Å². The van der Waals surface area contributed by atoms with Gasteiger partial charge in [-0.3, -0.25) is 29.1 Å². The third-order valence-electron chi connectivity index (χ3n) is 5.70. The summed E-state index contributed by atoms with van der Waals surface area (Å²) in [6.45, 7) is 2.34. The zero-order valence-corrected chi connectivity index (χ0v) is 17.4. The Balaban J connectivity index is 1.50. The van der Waals surface area contributed by atoms with E-state index < -0.39 is 23.9 Å². The molecule has 31 heavy (non-hydrogen) atoms. The predicted octanol–water partition coefficient (Wildman–Crippen LogP) is -1.76. The molecule has 0 spiro atoms. The Kier molecular flexibility index (Phi) is 5.31. The van der Waals surface area contributed by atoms with Crippen molar-refractivity contribution in [1.29, 1.82) is 0 Å². The Labute approximate surface area is 178 Å². The minimum Gasteiger partial charge on any atom is -0.459 e. The van der Waals surface area contributed by atoms with Gasteiger partial charge in [0.1, 0.15) is 6.54 Å². The van der Waals surface area contributed by atoms with Gasteiger partial charge in [-0.2, -0.15) is 0 Å².